The van der Waals surface area contributed by atoms with Gasteiger partial charge in [-0.15, -0.1) is 34.0 Å². The van der Waals surface area contributed by atoms with E-state index in [1.807, 2.05) is 0 Å². The van der Waals surface area contributed by atoms with E-state index < -0.39 is 0 Å². The van der Waals surface area contributed by atoms with Crippen LogP contribution in [0.1, 0.15) is 243 Å². The summed E-state index contributed by atoms with van der Waals surface area (Å²) in [6.45, 7) is 10.5. The van der Waals surface area contributed by atoms with Gasteiger partial charge in [-0.05, 0) is 93.6 Å². The molecule has 2 unspecified atom stereocenters. The van der Waals surface area contributed by atoms with Gasteiger partial charge in [-0.3, -0.25) is 9.59 Å². The van der Waals surface area contributed by atoms with Gasteiger partial charge in [-0.25, -0.2) is 0 Å². The van der Waals surface area contributed by atoms with Crippen LogP contribution in [0.25, 0.3) is 20.8 Å². The van der Waals surface area contributed by atoms with Crippen molar-refractivity contribution in [2.45, 2.75) is 233 Å². The minimum Gasteiger partial charge on any atom is -0.306 e. The SMILES string of the molecule is CCCCCCCCCCC(CCCCCCCC)CN1C(=O)C2=C(c3cc4sc(Br)cc4s3)N(CC(CCCCCCCC)CCCCCCCCCC)C(=O)C2=C1c1ccc(Br)s1. The van der Waals surface area contributed by atoms with Crippen LogP contribution in [0, 0.1) is 11.8 Å². The van der Waals surface area contributed by atoms with Crippen molar-refractivity contribution in [1.82, 2.24) is 9.80 Å². The second-order valence-electron chi connectivity index (χ2n) is 19.6. The first-order valence-electron chi connectivity index (χ1n) is 26.9. The third-order valence-electron chi connectivity index (χ3n) is 14.1. The Morgan fingerprint density at radius 3 is 1.12 bits per heavy atom. The molecular formula is C56H86Br2N2O2S3. The molecule has 9 heteroatoms. The number of halogens is 2. The largest absolute Gasteiger partial charge is 0.306 e. The van der Waals surface area contributed by atoms with Crippen molar-refractivity contribution in [3.63, 3.8) is 0 Å². The molecule has 0 aliphatic carbocycles. The molecule has 0 fully saturated rings. The molecule has 0 saturated carbocycles. The second kappa shape index (κ2) is 31.1. The van der Waals surface area contributed by atoms with Gasteiger partial charge in [0.25, 0.3) is 11.8 Å². The molecular weight excluding hydrogens is 989 g/mol. The van der Waals surface area contributed by atoms with E-state index in [1.54, 1.807) is 34.0 Å². The molecule has 5 rings (SSSR count). The van der Waals surface area contributed by atoms with Crippen LogP contribution in [0.3, 0.4) is 0 Å². The highest BCUT2D eigenvalue weighted by molar-refractivity contribution is 9.11. The van der Waals surface area contributed by atoms with Crippen molar-refractivity contribution >= 4 is 98.5 Å². The molecule has 3 aromatic heterocycles. The van der Waals surface area contributed by atoms with Crippen molar-refractivity contribution in [3.05, 3.63) is 52.7 Å². The number of rotatable bonds is 38. The van der Waals surface area contributed by atoms with Crippen molar-refractivity contribution in [2.75, 3.05) is 13.1 Å². The fourth-order valence-corrected chi connectivity index (χ4v) is 14.9. The van der Waals surface area contributed by atoms with Crippen LogP contribution in [0.15, 0.2) is 43.0 Å². The van der Waals surface area contributed by atoms with Crippen molar-refractivity contribution in [1.29, 1.82) is 0 Å². The van der Waals surface area contributed by atoms with E-state index in [0.29, 0.717) is 36.1 Å². The van der Waals surface area contributed by atoms with E-state index >= 15 is 9.59 Å². The molecule has 4 nitrogen and oxygen atoms in total. The zero-order valence-electron chi connectivity index (χ0n) is 41.2. The molecule has 2 aliphatic rings. The number of hydrogen-bond acceptors (Lipinski definition) is 5. The average Bonchev–Trinajstić information content (AvgIpc) is 4.10. The van der Waals surface area contributed by atoms with Crippen molar-refractivity contribution < 1.29 is 9.59 Å². The average molecular weight is 1080 g/mol. The van der Waals surface area contributed by atoms with E-state index in [1.165, 1.54) is 189 Å². The highest BCUT2D eigenvalue weighted by atomic mass is 79.9. The summed E-state index contributed by atoms with van der Waals surface area (Å²) < 4.78 is 4.58. The zero-order chi connectivity index (χ0) is 46.2. The zero-order valence-corrected chi connectivity index (χ0v) is 46.8. The predicted molar refractivity (Wildman–Crippen MR) is 294 cm³/mol. The minimum atomic E-state index is 0.0442. The van der Waals surface area contributed by atoms with Gasteiger partial charge in [-0.2, -0.15) is 0 Å². The van der Waals surface area contributed by atoms with Gasteiger partial charge in [0, 0.05) is 22.5 Å². The molecule has 0 radical (unpaired) electrons. The summed E-state index contributed by atoms with van der Waals surface area (Å²) in [6, 6.07) is 8.70. The predicted octanol–water partition coefficient (Wildman–Crippen LogP) is 20.2. The quantitative estimate of drug-likeness (QED) is 0.0537. The molecule has 0 N–H and O–H groups in total. The molecule has 0 spiro atoms. The van der Waals surface area contributed by atoms with E-state index in [2.05, 4.69) is 93.6 Å². The van der Waals surface area contributed by atoms with Gasteiger partial charge in [0.2, 0.25) is 0 Å². The molecule has 0 bridgehead atoms. The van der Waals surface area contributed by atoms with E-state index in [0.717, 1.165) is 54.4 Å². The van der Waals surface area contributed by atoms with E-state index in [4.69, 9.17) is 0 Å². The third kappa shape index (κ3) is 17.3. The lowest BCUT2D eigenvalue weighted by molar-refractivity contribution is -0.124. The number of unbranched alkanes of at least 4 members (excludes halogenated alkanes) is 24. The van der Waals surface area contributed by atoms with E-state index in [-0.39, 0.29) is 11.8 Å². The Morgan fingerprint density at radius 2 is 0.769 bits per heavy atom. The molecule has 65 heavy (non-hydrogen) atoms. The molecule has 2 atom stereocenters. The summed E-state index contributed by atoms with van der Waals surface area (Å²) in [5.74, 6) is 0.913. The maximum absolute atomic E-state index is 15.5. The Morgan fingerprint density at radius 1 is 0.415 bits per heavy atom. The molecule has 2 aliphatic heterocycles. The monoisotopic (exact) mass is 1070 g/mol. The lowest BCUT2D eigenvalue weighted by Gasteiger charge is -2.29. The lowest BCUT2D eigenvalue weighted by Crippen LogP contribution is -2.34. The van der Waals surface area contributed by atoms with Crippen LogP contribution < -0.4 is 0 Å². The van der Waals surface area contributed by atoms with Crippen molar-refractivity contribution in [2.24, 2.45) is 11.8 Å². The van der Waals surface area contributed by atoms with E-state index in [9.17, 15) is 0 Å². The first kappa shape index (κ1) is 54.7. The lowest BCUT2D eigenvalue weighted by atomic mass is 9.93. The summed E-state index contributed by atoms with van der Waals surface area (Å²) in [4.78, 5) is 37.3. The maximum atomic E-state index is 15.5. The molecule has 0 saturated heterocycles. The highest BCUT2D eigenvalue weighted by Gasteiger charge is 2.50. The summed E-state index contributed by atoms with van der Waals surface area (Å²) in [6.07, 6.45) is 40.9. The Bertz CT molecular complexity index is 1870. The Balaban J connectivity index is 1.45. The Hall–Kier alpha value is -1.26. The number of amides is 2. The molecule has 2 amide bonds. The van der Waals surface area contributed by atoms with Gasteiger partial charge in [0.1, 0.15) is 0 Å². The van der Waals surface area contributed by atoms with Crippen LogP contribution in [-0.2, 0) is 9.59 Å². The van der Waals surface area contributed by atoms with Crippen LogP contribution in [0.4, 0.5) is 0 Å². The summed E-state index contributed by atoms with van der Waals surface area (Å²) >= 11 is 12.7. The number of hydrogen-bond donors (Lipinski definition) is 0. The topological polar surface area (TPSA) is 40.6 Å². The van der Waals surface area contributed by atoms with Gasteiger partial charge < -0.3 is 9.80 Å². The Labute approximate surface area is 425 Å². The summed E-state index contributed by atoms with van der Waals surface area (Å²) in [7, 11) is 0. The fraction of sp³-hybridized carbons (Fsp3) is 0.714. The first-order valence-corrected chi connectivity index (χ1v) is 30.9. The van der Waals surface area contributed by atoms with Crippen LogP contribution in [0.5, 0.6) is 0 Å². The molecule has 5 heterocycles. The molecule has 364 valence electrons. The first-order chi connectivity index (χ1) is 31.8. The number of thiophene rings is 3. The normalized spacial score (nSPS) is 15.2. The van der Waals surface area contributed by atoms with Gasteiger partial charge in [0.05, 0.1) is 39.9 Å². The Kier molecular flexibility index (Phi) is 26.1. The summed E-state index contributed by atoms with van der Waals surface area (Å²) in [5, 5.41) is 0. The van der Waals surface area contributed by atoms with Gasteiger partial charge >= 0.3 is 0 Å². The van der Waals surface area contributed by atoms with Gasteiger partial charge in [0.15, 0.2) is 0 Å². The minimum absolute atomic E-state index is 0.0442. The standard InChI is InChI=1S/C56H86Br2N2O2S3/c1-5-9-13-17-21-23-27-31-35-43(33-29-25-19-15-11-7-3)41-59-53(45-37-38-49(57)64-45)51-52(56(59)62)54(48-39-46-47(63-48)40-50(58)65-46)60(55(51)61)42-44(34-30-26-20-16-12-8-4)36-32-28-24-22-18-14-10-6-2/h37-40,43-44H,5-36,41-42H2,1-4H3. The third-order valence-corrected chi connectivity index (χ3v) is 18.6. The smallest absolute Gasteiger partial charge is 0.261 e. The van der Waals surface area contributed by atoms with Crippen LogP contribution in [0.2, 0.25) is 0 Å². The van der Waals surface area contributed by atoms with Gasteiger partial charge in [-0.1, -0.05) is 207 Å². The fourth-order valence-electron chi connectivity index (χ4n) is 10.4. The molecule has 3 aromatic rings. The molecule has 0 aromatic carbocycles. The number of carbonyl (C=O) groups excluding carboxylic acids is 2. The maximum Gasteiger partial charge on any atom is 0.261 e. The number of carbonyl (C=O) groups is 2. The number of fused-ring (bicyclic) bond motifs is 2. The van der Waals surface area contributed by atoms with Crippen molar-refractivity contribution in [3.8, 4) is 0 Å². The highest BCUT2D eigenvalue weighted by Crippen LogP contribution is 2.51. The second-order valence-corrected chi connectivity index (χ2v) is 25.7. The number of nitrogens with zero attached hydrogens (tertiary/aromatic N) is 2. The summed E-state index contributed by atoms with van der Waals surface area (Å²) in [5.41, 5.74) is 3.08. The van der Waals surface area contributed by atoms with Crippen LogP contribution >= 0.6 is 65.9 Å². The van der Waals surface area contributed by atoms with Crippen LogP contribution in [-0.4, -0.2) is 34.7 Å².